The highest BCUT2D eigenvalue weighted by molar-refractivity contribution is 5.66. The minimum Gasteiger partial charge on any atom is -0.468 e. The first-order chi connectivity index (χ1) is 14.0. The fourth-order valence-electron chi connectivity index (χ4n) is 9.62. The van der Waals surface area contributed by atoms with E-state index in [0.717, 1.165) is 24.5 Å². The molecular weight excluding hydrogens is 372 g/mol. The van der Waals surface area contributed by atoms with Crippen LogP contribution >= 0.6 is 0 Å². The summed E-state index contributed by atoms with van der Waals surface area (Å²) in [7, 11) is 0. The van der Waals surface area contributed by atoms with Crippen LogP contribution in [0.4, 0.5) is 0 Å². The Morgan fingerprint density at radius 1 is 1.00 bits per heavy atom. The highest BCUT2D eigenvalue weighted by atomic mass is 16.5. The fraction of sp³-hybridized carbons (Fsp3) is 0.815. The van der Waals surface area contributed by atoms with Crippen LogP contribution in [0.2, 0.25) is 0 Å². The Bertz CT molecular complexity index is 852. The molecule has 1 aromatic heterocycles. The predicted molar refractivity (Wildman–Crippen MR) is 118 cm³/mol. The van der Waals surface area contributed by atoms with Crippen LogP contribution in [0.15, 0.2) is 16.7 Å². The number of ether oxygens (including phenoxy) is 1. The number of carbonyl (C=O) groups is 1. The van der Waals surface area contributed by atoms with Crippen LogP contribution in [0, 0.1) is 34.0 Å². The Labute approximate surface area is 182 Å². The van der Waals surface area contributed by atoms with E-state index in [1.165, 1.54) is 44.1 Å². The van der Waals surface area contributed by atoms with Gasteiger partial charge in [-0.1, -0.05) is 34.1 Å². The van der Waals surface area contributed by atoms with Gasteiger partial charge in [-0.25, -0.2) is 0 Å². The number of carbonyl (C=O) groups excluding carboxylic acids is 1. The first-order valence-electron chi connectivity index (χ1n) is 12.3. The third kappa shape index (κ3) is 2.53. The number of aryl methyl sites for hydroxylation is 1. The number of furan rings is 1. The molecule has 0 saturated heterocycles. The van der Waals surface area contributed by atoms with Crippen LogP contribution in [0.3, 0.4) is 0 Å². The van der Waals surface area contributed by atoms with E-state index in [2.05, 4.69) is 40.7 Å². The minimum absolute atomic E-state index is 0.0936. The maximum atomic E-state index is 12.2. The van der Waals surface area contributed by atoms with E-state index in [4.69, 9.17) is 9.15 Å². The second-order valence-electron chi connectivity index (χ2n) is 12.5. The Morgan fingerprint density at radius 3 is 2.47 bits per heavy atom. The van der Waals surface area contributed by atoms with Gasteiger partial charge in [-0.2, -0.15) is 0 Å². The van der Waals surface area contributed by atoms with Gasteiger partial charge in [-0.05, 0) is 97.5 Å². The van der Waals surface area contributed by atoms with E-state index in [1.54, 1.807) is 6.92 Å². The van der Waals surface area contributed by atoms with Crippen LogP contribution in [0.25, 0.3) is 0 Å². The summed E-state index contributed by atoms with van der Waals surface area (Å²) in [6, 6.07) is 2.14. The molecule has 1 aromatic rings. The zero-order valence-corrected chi connectivity index (χ0v) is 19.8. The largest absolute Gasteiger partial charge is 0.468 e. The van der Waals surface area contributed by atoms with E-state index in [0.29, 0.717) is 22.7 Å². The van der Waals surface area contributed by atoms with Crippen LogP contribution in [0.1, 0.15) is 97.8 Å². The van der Waals surface area contributed by atoms with Gasteiger partial charge in [-0.3, -0.25) is 4.79 Å². The van der Waals surface area contributed by atoms with Gasteiger partial charge in [-0.15, -0.1) is 0 Å². The molecule has 3 heteroatoms. The molecule has 0 radical (unpaired) electrons. The maximum Gasteiger partial charge on any atom is 0.302 e. The van der Waals surface area contributed by atoms with E-state index < -0.39 is 0 Å². The summed E-state index contributed by atoms with van der Waals surface area (Å²) in [6.07, 6.45) is 11.6. The molecule has 0 N–H and O–H groups in total. The molecule has 0 aromatic carbocycles. The average molecular weight is 413 g/mol. The fourth-order valence-corrected chi connectivity index (χ4v) is 9.62. The lowest BCUT2D eigenvalue weighted by atomic mass is 9.35. The van der Waals surface area contributed by atoms with Gasteiger partial charge in [0.2, 0.25) is 0 Å². The van der Waals surface area contributed by atoms with Gasteiger partial charge in [0.15, 0.2) is 0 Å². The lowest BCUT2D eigenvalue weighted by Crippen LogP contribution is -2.66. The SMILES string of the molecule is CC(=O)OC1CC2C3(C)CCCC(C)(C)C3CCC2(C)C2CCc3ccoc3C12C. The minimum atomic E-state index is -0.221. The van der Waals surface area contributed by atoms with E-state index in [9.17, 15) is 4.79 Å². The monoisotopic (exact) mass is 412 g/mol. The molecule has 4 aliphatic carbocycles. The smallest absolute Gasteiger partial charge is 0.302 e. The summed E-state index contributed by atoms with van der Waals surface area (Å²) in [5.41, 5.74) is 2.12. The number of hydrogen-bond acceptors (Lipinski definition) is 3. The molecule has 7 unspecified atom stereocenters. The second kappa shape index (κ2) is 6.39. The highest BCUT2D eigenvalue weighted by Gasteiger charge is 2.68. The summed E-state index contributed by atoms with van der Waals surface area (Å²) in [6.45, 7) is 14.1. The van der Waals surface area contributed by atoms with Crippen molar-refractivity contribution in [2.45, 2.75) is 104 Å². The van der Waals surface area contributed by atoms with Crippen molar-refractivity contribution >= 4 is 5.97 Å². The van der Waals surface area contributed by atoms with Gasteiger partial charge in [0, 0.05) is 6.92 Å². The molecule has 1 heterocycles. The summed E-state index contributed by atoms with van der Waals surface area (Å²) >= 11 is 0. The third-order valence-electron chi connectivity index (χ3n) is 10.7. The van der Waals surface area contributed by atoms with Gasteiger partial charge in [0.1, 0.15) is 11.9 Å². The van der Waals surface area contributed by atoms with Crippen molar-refractivity contribution < 1.29 is 13.9 Å². The van der Waals surface area contributed by atoms with Crippen LogP contribution < -0.4 is 0 Å². The maximum absolute atomic E-state index is 12.2. The molecule has 7 atom stereocenters. The van der Waals surface area contributed by atoms with E-state index in [1.807, 2.05) is 6.26 Å². The zero-order chi connectivity index (χ0) is 21.5. The quantitative estimate of drug-likeness (QED) is 0.483. The topological polar surface area (TPSA) is 39.4 Å². The molecule has 30 heavy (non-hydrogen) atoms. The van der Waals surface area contributed by atoms with Gasteiger partial charge in [0.05, 0.1) is 11.7 Å². The van der Waals surface area contributed by atoms with Crippen molar-refractivity contribution in [3.05, 3.63) is 23.7 Å². The number of rotatable bonds is 1. The first-order valence-corrected chi connectivity index (χ1v) is 12.3. The van der Waals surface area contributed by atoms with Gasteiger partial charge < -0.3 is 9.15 Å². The lowest BCUT2D eigenvalue weighted by molar-refractivity contribution is -0.218. The molecule has 3 fully saturated rings. The zero-order valence-electron chi connectivity index (χ0n) is 19.8. The van der Waals surface area contributed by atoms with Crippen molar-refractivity contribution in [1.29, 1.82) is 0 Å². The Hall–Kier alpha value is -1.25. The third-order valence-corrected chi connectivity index (χ3v) is 10.7. The van der Waals surface area contributed by atoms with E-state index in [-0.39, 0.29) is 22.9 Å². The van der Waals surface area contributed by atoms with Gasteiger partial charge in [0.25, 0.3) is 0 Å². The molecular formula is C27H40O3. The molecule has 0 amide bonds. The van der Waals surface area contributed by atoms with Crippen molar-refractivity contribution in [1.82, 2.24) is 0 Å². The lowest BCUT2D eigenvalue weighted by Gasteiger charge is -2.69. The standard InChI is InChI=1S/C27H40O3/c1-17(28)30-22-16-21-25(4)13-7-12-24(2,3)19(25)10-14-26(21,5)20-9-8-18-11-15-29-23(18)27(20,22)6/h11,15,19-22H,7-10,12-14,16H2,1-6H3. The van der Waals surface area contributed by atoms with Crippen molar-refractivity contribution in [3.8, 4) is 0 Å². The Morgan fingerprint density at radius 2 is 1.73 bits per heavy atom. The second-order valence-corrected chi connectivity index (χ2v) is 12.5. The van der Waals surface area contributed by atoms with Crippen molar-refractivity contribution in [2.24, 2.45) is 34.0 Å². The molecule has 0 aliphatic heterocycles. The first kappa shape index (κ1) is 20.6. The number of esters is 1. The Kier molecular flexibility index (Phi) is 4.40. The molecule has 5 rings (SSSR count). The average Bonchev–Trinajstić information content (AvgIpc) is 3.12. The van der Waals surface area contributed by atoms with E-state index >= 15 is 0 Å². The predicted octanol–water partition coefficient (Wildman–Crippen LogP) is 6.68. The molecule has 3 saturated carbocycles. The normalized spacial score (nSPS) is 46.7. The summed E-state index contributed by atoms with van der Waals surface area (Å²) < 4.78 is 12.3. The Balaban J connectivity index is 1.64. The molecule has 166 valence electrons. The molecule has 0 spiro atoms. The van der Waals surface area contributed by atoms with Crippen LogP contribution in [0.5, 0.6) is 0 Å². The molecule has 4 aliphatic rings. The van der Waals surface area contributed by atoms with Crippen LogP contribution in [-0.4, -0.2) is 12.1 Å². The van der Waals surface area contributed by atoms with Gasteiger partial charge >= 0.3 is 5.97 Å². The summed E-state index contributed by atoms with van der Waals surface area (Å²) in [5.74, 6) is 2.81. The summed E-state index contributed by atoms with van der Waals surface area (Å²) in [4.78, 5) is 12.2. The van der Waals surface area contributed by atoms with Crippen LogP contribution in [-0.2, 0) is 21.4 Å². The summed E-state index contributed by atoms with van der Waals surface area (Å²) in [5, 5.41) is 0. The van der Waals surface area contributed by atoms with Crippen molar-refractivity contribution in [3.63, 3.8) is 0 Å². The number of fused-ring (bicyclic) bond motifs is 7. The molecule has 3 nitrogen and oxygen atoms in total. The molecule has 0 bridgehead atoms. The van der Waals surface area contributed by atoms with Crippen molar-refractivity contribution in [2.75, 3.05) is 0 Å². The highest BCUT2D eigenvalue weighted by Crippen LogP contribution is 2.72. The number of hydrogen-bond donors (Lipinski definition) is 0.